The molecule has 0 amide bonds. The SMILES string of the molecule is Cc1sc(C(O)c2ccccc2)c2c1OCCO2. The lowest BCUT2D eigenvalue weighted by atomic mass is 10.1. The molecule has 0 radical (unpaired) electrons. The number of aryl methyl sites for hydroxylation is 1. The predicted molar refractivity (Wildman–Crippen MR) is 70.5 cm³/mol. The second-order valence-corrected chi connectivity index (χ2v) is 5.45. The summed E-state index contributed by atoms with van der Waals surface area (Å²) in [5.74, 6) is 1.50. The first-order chi connectivity index (χ1) is 8.77. The molecule has 3 nitrogen and oxygen atoms in total. The Morgan fingerprint density at radius 2 is 1.78 bits per heavy atom. The number of thiophene rings is 1. The third-order valence-electron chi connectivity index (χ3n) is 2.95. The van der Waals surface area contributed by atoms with Crippen LogP contribution in [0.25, 0.3) is 0 Å². The minimum absolute atomic E-state index is 0.539. The maximum atomic E-state index is 10.4. The van der Waals surface area contributed by atoms with E-state index in [1.807, 2.05) is 37.3 Å². The molecule has 1 aliphatic rings. The molecule has 1 aromatic carbocycles. The number of benzene rings is 1. The van der Waals surface area contributed by atoms with Crippen LogP contribution in [0, 0.1) is 6.92 Å². The zero-order valence-electron chi connectivity index (χ0n) is 10.1. The van der Waals surface area contributed by atoms with Crippen molar-refractivity contribution in [2.45, 2.75) is 13.0 Å². The molecular weight excluding hydrogens is 248 g/mol. The Hall–Kier alpha value is -1.52. The zero-order valence-corrected chi connectivity index (χ0v) is 10.9. The van der Waals surface area contributed by atoms with E-state index in [-0.39, 0.29) is 0 Å². The van der Waals surface area contributed by atoms with Crippen LogP contribution in [0.2, 0.25) is 0 Å². The molecule has 1 unspecified atom stereocenters. The van der Waals surface area contributed by atoms with E-state index in [4.69, 9.17) is 9.47 Å². The molecule has 4 heteroatoms. The van der Waals surface area contributed by atoms with Crippen molar-refractivity contribution >= 4 is 11.3 Å². The third kappa shape index (κ3) is 1.87. The summed E-state index contributed by atoms with van der Waals surface area (Å²) in [6.07, 6.45) is -0.652. The minimum atomic E-state index is -0.652. The fraction of sp³-hybridized carbons (Fsp3) is 0.286. The van der Waals surface area contributed by atoms with Crippen molar-refractivity contribution in [3.8, 4) is 11.5 Å². The van der Waals surface area contributed by atoms with E-state index in [9.17, 15) is 5.11 Å². The summed E-state index contributed by atoms with van der Waals surface area (Å²) >= 11 is 1.53. The molecule has 1 atom stereocenters. The van der Waals surface area contributed by atoms with Gasteiger partial charge in [-0.3, -0.25) is 0 Å². The van der Waals surface area contributed by atoms with Crippen LogP contribution in [0.3, 0.4) is 0 Å². The predicted octanol–water partition coefficient (Wildman–Crippen LogP) is 2.91. The van der Waals surface area contributed by atoms with Gasteiger partial charge in [-0.2, -0.15) is 0 Å². The normalized spacial score (nSPS) is 15.4. The van der Waals surface area contributed by atoms with Gasteiger partial charge in [0.1, 0.15) is 19.3 Å². The molecule has 1 N–H and O–H groups in total. The number of hydrogen-bond acceptors (Lipinski definition) is 4. The lowest BCUT2D eigenvalue weighted by molar-refractivity contribution is 0.162. The van der Waals surface area contributed by atoms with Crippen LogP contribution in [-0.2, 0) is 0 Å². The monoisotopic (exact) mass is 262 g/mol. The maximum absolute atomic E-state index is 10.4. The summed E-state index contributed by atoms with van der Waals surface area (Å²) in [7, 11) is 0. The highest BCUT2D eigenvalue weighted by molar-refractivity contribution is 7.12. The first-order valence-electron chi connectivity index (χ1n) is 5.89. The number of ether oxygens (including phenoxy) is 2. The quantitative estimate of drug-likeness (QED) is 0.904. The Morgan fingerprint density at radius 1 is 1.11 bits per heavy atom. The molecule has 3 rings (SSSR count). The van der Waals surface area contributed by atoms with Gasteiger partial charge in [-0.05, 0) is 12.5 Å². The van der Waals surface area contributed by atoms with Crippen LogP contribution in [0.4, 0.5) is 0 Å². The Bertz CT molecular complexity index is 548. The zero-order chi connectivity index (χ0) is 12.5. The second-order valence-electron chi connectivity index (χ2n) is 4.19. The molecule has 0 bridgehead atoms. The van der Waals surface area contributed by atoms with Crippen LogP contribution in [-0.4, -0.2) is 18.3 Å². The molecule has 0 saturated carbocycles. The average molecular weight is 262 g/mol. The summed E-state index contributed by atoms with van der Waals surface area (Å²) in [6.45, 7) is 3.10. The molecule has 18 heavy (non-hydrogen) atoms. The van der Waals surface area contributed by atoms with E-state index < -0.39 is 6.10 Å². The largest absolute Gasteiger partial charge is 0.485 e. The van der Waals surface area contributed by atoms with Crippen molar-refractivity contribution in [1.29, 1.82) is 0 Å². The van der Waals surface area contributed by atoms with Crippen molar-refractivity contribution in [1.82, 2.24) is 0 Å². The van der Waals surface area contributed by atoms with E-state index in [1.165, 1.54) is 11.3 Å². The fourth-order valence-corrected chi connectivity index (χ4v) is 3.15. The Balaban J connectivity index is 2.02. The average Bonchev–Trinajstić information content (AvgIpc) is 2.77. The highest BCUT2D eigenvalue weighted by Crippen LogP contribution is 2.47. The number of hydrogen-bond donors (Lipinski definition) is 1. The molecule has 0 fully saturated rings. The van der Waals surface area contributed by atoms with Crippen molar-refractivity contribution in [2.75, 3.05) is 13.2 Å². The molecule has 0 saturated heterocycles. The number of aliphatic hydroxyl groups is 1. The molecule has 2 heterocycles. The number of fused-ring (bicyclic) bond motifs is 1. The molecule has 0 aliphatic carbocycles. The fourth-order valence-electron chi connectivity index (χ4n) is 2.09. The molecule has 94 valence electrons. The third-order valence-corrected chi connectivity index (χ3v) is 4.07. The maximum Gasteiger partial charge on any atom is 0.178 e. The standard InChI is InChI=1S/C14H14O3S/c1-9-12-13(17-8-7-16-12)14(18-9)11(15)10-5-3-2-4-6-10/h2-6,11,15H,7-8H2,1H3. The van der Waals surface area contributed by atoms with Crippen LogP contribution >= 0.6 is 11.3 Å². The van der Waals surface area contributed by atoms with Crippen LogP contribution in [0.5, 0.6) is 11.5 Å². The van der Waals surface area contributed by atoms with Gasteiger partial charge in [0, 0.05) is 4.88 Å². The molecule has 2 aromatic rings. The number of rotatable bonds is 2. The van der Waals surface area contributed by atoms with Gasteiger partial charge in [0.15, 0.2) is 11.5 Å². The first kappa shape index (κ1) is 11.6. The van der Waals surface area contributed by atoms with Crippen molar-refractivity contribution < 1.29 is 14.6 Å². The molecule has 1 aromatic heterocycles. The van der Waals surface area contributed by atoms with Gasteiger partial charge in [0.2, 0.25) is 0 Å². The lowest BCUT2D eigenvalue weighted by Gasteiger charge is -2.18. The van der Waals surface area contributed by atoms with Gasteiger partial charge >= 0.3 is 0 Å². The van der Waals surface area contributed by atoms with Crippen LogP contribution < -0.4 is 9.47 Å². The van der Waals surface area contributed by atoms with Crippen molar-refractivity contribution in [3.05, 3.63) is 45.6 Å². The van der Waals surface area contributed by atoms with Gasteiger partial charge in [-0.1, -0.05) is 30.3 Å². The van der Waals surface area contributed by atoms with E-state index in [0.717, 1.165) is 21.1 Å². The van der Waals surface area contributed by atoms with Gasteiger partial charge in [-0.25, -0.2) is 0 Å². The smallest absolute Gasteiger partial charge is 0.178 e. The minimum Gasteiger partial charge on any atom is -0.485 e. The summed E-state index contributed by atoms with van der Waals surface area (Å²) in [4.78, 5) is 1.88. The summed E-state index contributed by atoms with van der Waals surface area (Å²) in [5.41, 5.74) is 0.871. The highest BCUT2D eigenvalue weighted by Gasteiger charge is 2.27. The van der Waals surface area contributed by atoms with Crippen LogP contribution in [0.1, 0.15) is 21.4 Å². The van der Waals surface area contributed by atoms with Crippen LogP contribution in [0.15, 0.2) is 30.3 Å². The summed E-state index contributed by atoms with van der Waals surface area (Å²) < 4.78 is 11.2. The van der Waals surface area contributed by atoms with Gasteiger partial charge in [0.25, 0.3) is 0 Å². The molecular formula is C14H14O3S. The van der Waals surface area contributed by atoms with E-state index in [0.29, 0.717) is 19.0 Å². The van der Waals surface area contributed by atoms with E-state index >= 15 is 0 Å². The van der Waals surface area contributed by atoms with Gasteiger partial charge in [-0.15, -0.1) is 11.3 Å². The van der Waals surface area contributed by atoms with Crippen molar-refractivity contribution in [3.63, 3.8) is 0 Å². The van der Waals surface area contributed by atoms with Crippen molar-refractivity contribution in [2.24, 2.45) is 0 Å². The molecule has 0 spiro atoms. The Morgan fingerprint density at radius 3 is 2.50 bits per heavy atom. The Labute approximate surface area is 110 Å². The Kier molecular flexibility index (Phi) is 2.97. The van der Waals surface area contributed by atoms with Gasteiger partial charge < -0.3 is 14.6 Å². The molecule has 1 aliphatic heterocycles. The highest BCUT2D eigenvalue weighted by atomic mass is 32.1. The van der Waals surface area contributed by atoms with E-state index in [1.54, 1.807) is 0 Å². The van der Waals surface area contributed by atoms with Gasteiger partial charge in [0.05, 0.1) is 4.88 Å². The topological polar surface area (TPSA) is 38.7 Å². The first-order valence-corrected chi connectivity index (χ1v) is 6.71. The summed E-state index contributed by atoms with van der Waals surface area (Å²) in [5, 5.41) is 10.4. The van der Waals surface area contributed by atoms with E-state index in [2.05, 4.69) is 0 Å². The lowest BCUT2D eigenvalue weighted by Crippen LogP contribution is -2.15. The second kappa shape index (κ2) is 4.63. The number of aliphatic hydroxyl groups excluding tert-OH is 1. The summed E-state index contributed by atoms with van der Waals surface area (Å²) in [6, 6.07) is 9.60.